The predicted octanol–water partition coefficient (Wildman–Crippen LogP) is 4.31. The van der Waals surface area contributed by atoms with Crippen molar-refractivity contribution in [2.45, 2.75) is 6.18 Å². The van der Waals surface area contributed by atoms with Crippen molar-refractivity contribution in [2.75, 3.05) is 18.5 Å². The van der Waals surface area contributed by atoms with Crippen LogP contribution in [0.5, 0.6) is 0 Å². The number of anilines is 1. The Morgan fingerprint density at radius 3 is 2.33 bits per heavy atom. The van der Waals surface area contributed by atoms with E-state index in [9.17, 15) is 23.1 Å². The maximum absolute atomic E-state index is 12.6. The topological polar surface area (TPSA) is 40.5 Å². The van der Waals surface area contributed by atoms with Crippen LogP contribution in [0.4, 0.5) is 18.9 Å². The third-order valence-electron chi connectivity index (χ3n) is 4.00. The minimum atomic E-state index is -4.44. The average Bonchev–Trinajstić information content (AvgIpc) is 2.57. The molecule has 0 radical (unpaired) electrons. The molecular weight excluding hydrogens is 319 g/mol. The van der Waals surface area contributed by atoms with E-state index in [1.165, 1.54) is 12.1 Å². The molecule has 0 amide bonds. The molecule has 0 fully saturated rings. The maximum Gasteiger partial charge on any atom is 0.416 e. The van der Waals surface area contributed by atoms with Gasteiger partial charge in [0.05, 0.1) is 17.7 Å². The van der Waals surface area contributed by atoms with E-state index in [1.807, 2.05) is 11.0 Å². The molecule has 0 aliphatic carbocycles. The van der Waals surface area contributed by atoms with Gasteiger partial charge >= 0.3 is 6.18 Å². The van der Waals surface area contributed by atoms with Gasteiger partial charge in [-0.15, -0.1) is 0 Å². The summed E-state index contributed by atoms with van der Waals surface area (Å²) in [6.45, 7) is 0.183. The Labute approximate surface area is 136 Å². The van der Waals surface area contributed by atoms with E-state index in [-0.39, 0.29) is 29.2 Å². The van der Waals surface area contributed by atoms with Crippen LogP contribution in [-0.4, -0.2) is 24.5 Å². The van der Waals surface area contributed by atoms with E-state index in [0.29, 0.717) is 5.56 Å². The summed E-state index contributed by atoms with van der Waals surface area (Å²) in [7, 11) is 1.78. The number of hydrogen-bond acceptors (Lipinski definition) is 3. The first-order chi connectivity index (χ1) is 11.3. The second-order valence-corrected chi connectivity index (χ2v) is 5.60. The highest BCUT2D eigenvalue weighted by molar-refractivity contribution is 6.17. The first-order valence-electron chi connectivity index (χ1n) is 7.23. The standard InChI is InChI=1S/C18H14F3NO2/c1-22-10-14(17(24)13-4-2-3-5-15(13)22)16(23)11-6-8-12(9-7-11)18(19,20)21/h2-9,23H,10H2,1H3. The Morgan fingerprint density at radius 1 is 1.08 bits per heavy atom. The highest BCUT2D eigenvalue weighted by atomic mass is 19.4. The molecule has 1 aliphatic rings. The number of ketones is 1. The Kier molecular flexibility index (Phi) is 3.83. The molecular formula is C18H14F3NO2. The molecule has 0 atom stereocenters. The molecule has 6 heteroatoms. The molecule has 24 heavy (non-hydrogen) atoms. The highest BCUT2D eigenvalue weighted by Gasteiger charge is 2.31. The molecule has 1 aliphatic heterocycles. The van der Waals surface area contributed by atoms with Crippen molar-refractivity contribution in [1.82, 2.24) is 0 Å². The molecule has 0 saturated heterocycles. The Morgan fingerprint density at radius 2 is 1.71 bits per heavy atom. The highest BCUT2D eigenvalue weighted by Crippen LogP contribution is 2.33. The number of aliphatic hydroxyl groups is 1. The summed E-state index contributed by atoms with van der Waals surface area (Å²) in [5.41, 5.74) is 0.753. The lowest BCUT2D eigenvalue weighted by atomic mass is 9.93. The third kappa shape index (κ3) is 2.75. The second-order valence-electron chi connectivity index (χ2n) is 5.60. The summed E-state index contributed by atoms with van der Waals surface area (Å²) < 4.78 is 37.9. The zero-order chi connectivity index (χ0) is 17.5. The lowest BCUT2D eigenvalue weighted by Crippen LogP contribution is -2.31. The smallest absolute Gasteiger partial charge is 0.416 e. The summed E-state index contributed by atoms with van der Waals surface area (Å²) >= 11 is 0. The van der Waals surface area contributed by atoms with E-state index >= 15 is 0 Å². The van der Waals surface area contributed by atoms with Crippen molar-refractivity contribution in [3.05, 3.63) is 70.8 Å². The van der Waals surface area contributed by atoms with Crippen LogP contribution in [-0.2, 0) is 6.18 Å². The van der Waals surface area contributed by atoms with Gasteiger partial charge < -0.3 is 10.0 Å². The first-order valence-corrected chi connectivity index (χ1v) is 7.23. The monoisotopic (exact) mass is 333 g/mol. The van der Waals surface area contributed by atoms with Gasteiger partial charge in [0, 0.05) is 23.9 Å². The molecule has 3 nitrogen and oxygen atoms in total. The first kappa shape index (κ1) is 16.1. The second kappa shape index (κ2) is 5.70. The number of carbonyl (C=O) groups excluding carboxylic acids is 1. The van der Waals surface area contributed by atoms with Crippen LogP contribution in [0.3, 0.4) is 0 Å². The number of halogens is 3. The van der Waals surface area contributed by atoms with Crippen molar-refractivity contribution in [1.29, 1.82) is 0 Å². The fourth-order valence-corrected chi connectivity index (χ4v) is 2.73. The van der Waals surface area contributed by atoms with E-state index in [2.05, 4.69) is 0 Å². The zero-order valence-electron chi connectivity index (χ0n) is 12.8. The Balaban J connectivity index is 2.02. The third-order valence-corrected chi connectivity index (χ3v) is 4.00. The van der Waals surface area contributed by atoms with Gasteiger partial charge in [0.2, 0.25) is 0 Å². The van der Waals surface area contributed by atoms with Gasteiger partial charge in [-0.25, -0.2) is 0 Å². The number of Topliss-reactive ketones (excluding diaryl/α,β-unsaturated/α-hetero) is 1. The van der Waals surface area contributed by atoms with Crippen molar-refractivity contribution < 1.29 is 23.1 Å². The van der Waals surface area contributed by atoms with Gasteiger partial charge in [-0.05, 0) is 24.3 Å². The summed E-state index contributed by atoms with van der Waals surface area (Å²) in [6.07, 6.45) is -4.44. The van der Waals surface area contributed by atoms with Crippen LogP contribution >= 0.6 is 0 Å². The lowest BCUT2D eigenvalue weighted by molar-refractivity contribution is -0.137. The fraction of sp³-hybridized carbons (Fsp3) is 0.167. The number of rotatable bonds is 1. The summed E-state index contributed by atoms with van der Waals surface area (Å²) in [5, 5.41) is 10.4. The van der Waals surface area contributed by atoms with Crippen LogP contribution in [0.15, 0.2) is 54.1 Å². The van der Waals surface area contributed by atoms with E-state index in [0.717, 1.165) is 17.8 Å². The van der Waals surface area contributed by atoms with Crippen molar-refractivity contribution in [3.8, 4) is 0 Å². The van der Waals surface area contributed by atoms with E-state index < -0.39 is 11.7 Å². The number of alkyl halides is 3. The van der Waals surface area contributed by atoms with Gasteiger partial charge in [0.1, 0.15) is 5.76 Å². The van der Waals surface area contributed by atoms with Crippen LogP contribution < -0.4 is 4.90 Å². The van der Waals surface area contributed by atoms with Gasteiger partial charge in [0.25, 0.3) is 0 Å². The molecule has 1 heterocycles. The van der Waals surface area contributed by atoms with Crippen LogP contribution in [0.2, 0.25) is 0 Å². The number of carbonyl (C=O) groups is 1. The van der Waals surface area contributed by atoms with Crippen molar-refractivity contribution in [3.63, 3.8) is 0 Å². The Hall–Kier alpha value is -2.76. The van der Waals surface area contributed by atoms with Crippen LogP contribution in [0.1, 0.15) is 21.5 Å². The van der Waals surface area contributed by atoms with Crippen LogP contribution in [0, 0.1) is 0 Å². The van der Waals surface area contributed by atoms with Gasteiger partial charge in [-0.1, -0.05) is 24.3 Å². The lowest BCUT2D eigenvalue weighted by Gasteiger charge is -2.28. The number of fused-ring (bicyclic) bond motifs is 1. The number of para-hydroxylation sites is 1. The minimum absolute atomic E-state index is 0.163. The molecule has 2 aromatic carbocycles. The molecule has 2 aromatic rings. The molecule has 3 rings (SSSR count). The predicted molar refractivity (Wildman–Crippen MR) is 85.0 cm³/mol. The zero-order valence-corrected chi connectivity index (χ0v) is 12.8. The molecule has 0 unspecified atom stereocenters. The largest absolute Gasteiger partial charge is 0.507 e. The molecule has 0 bridgehead atoms. The minimum Gasteiger partial charge on any atom is -0.507 e. The average molecular weight is 333 g/mol. The summed E-state index contributed by atoms with van der Waals surface area (Å²) in [5.74, 6) is -0.615. The number of nitrogens with zero attached hydrogens (tertiary/aromatic N) is 1. The molecule has 0 aromatic heterocycles. The van der Waals surface area contributed by atoms with Crippen LogP contribution in [0.25, 0.3) is 5.76 Å². The molecule has 1 N–H and O–H groups in total. The Bertz CT molecular complexity index is 823. The van der Waals surface area contributed by atoms with E-state index in [4.69, 9.17) is 0 Å². The number of aliphatic hydroxyl groups excluding tert-OH is 1. The van der Waals surface area contributed by atoms with Crippen molar-refractivity contribution in [2.24, 2.45) is 0 Å². The van der Waals surface area contributed by atoms with Gasteiger partial charge in [-0.2, -0.15) is 13.2 Å². The van der Waals surface area contributed by atoms with E-state index in [1.54, 1.807) is 25.2 Å². The fourth-order valence-electron chi connectivity index (χ4n) is 2.73. The van der Waals surface area contributed by atoms with Gasteiger partial charge in [0.15, 0.2) is 5.78 Å². The molecule has 124 valence electrons. The van der Waals surface area contributed by atoms with Gasteiger partial charge in [-0.3, -0.25) is 4.79 Å². The summed E-state index contributed by atoms with van der Waals surface area (Å²) in [4.78, 5) is 14.4. The maximum atomic E-state index is 12.6. The SMILES string of the molecule is CN1CC(=C(O)c2ccc(C(F)(F)F)cc2)C(=O)c2ccccc21. The number of likely N-dealkylation sites (N-methyl/N-ethyl adjacent to an activating group) is 1. The molecule has 0 spiro atoms. The number of benzene rings is 2. The molecule has 0 saturated carbocycles. The normalized spacial score (nSPS) is 16.8. The van der Waals surface area contributed by atoms with Crippen molar-refractivity contribution >= 4 is 17.2 Å². The number of hydrogen-bond donors (Lipinski definition) is 1. The quantitative estimate of drug-likeness (QED) is 0.624. The summed E-state index contributed by atoms with van der Waals surface area (Å²) in [6, 6.07) is 11.1.